The predicted octanol–water partition coefficient (Wildman–Crippen LogP) is 0.506. The highest BCUT2D eigenvalue weighted by Gasteiger charge is 2.47. The fourth-order valence-corrected chi connectivity index (χ4v) is 2.17. The molecule has 0 spiro atoms. The number of hydrogen-bond acceptors (Lipinski definition) is 4. The molecule has 2 amide bonds. The van der Waals surface area contributed by atoms with E-state index in [1.807, 2.05) is 7.05 Å². The number of hydrogen-bond donors (Lipinski definition) is 3. The summed E-state index contributed by atoms with van der Waals surface area (Å²) in [6.07, 6.45) is 1.05. The summed E-state index contributed by atoms with van der Waals surface area (Å²) in [4.78, 5) is 25.3. The second-order valence-corrected chi connectivity index (χ2v) is 5.93. The molecule has 1 rings (SSSR count). The van der Waals surface area contributed by atoms with Crippen LogP contribution in [0.25, 0.3) is 0 Å². The minimum Gasteiger partial charge on any atom is -0.481 e. The molecule has 3 atom stereocenters. The number of carboxylic acid groups (broad SMARTS) is 1. The molecule has 7 heteroatoms. The zero-order valence-corrected chi connectivity index (χ0v) is 13.3. The van der Waals surface area contributed by atoms with Crippen molar-refractivity contribution in [3.05, 3.63) is 0 Å². The Labute approximate surface area is 126 Å². The predicted molar refractivity (Wildman–Crippen MR) is 79.3 cm³/mol. The number of urea groups is 1. The molecule has 0 bridgehead atoms. The minimum atomic E-state index is -1.06. The molecule has 0 saturated carbocycles. The number of likely N-dealkylation sites (N-methyl/N-ethyl adjacent to an activating group) is 1. The highest BCUT2D eigenvalue weighted by molar-refractivity contribution is 5.79. The Hall–Kier alpha value is -1.34. The van der Waals surface area contributed by atoms with Gasteiger partial charge in [-0.3, -0.25) is 4.79 Å². The average Bonchev–Trinajstić information content (AvgIpc) is 2.80. The van der Waals surface area contributed by atoms with Crippen molar-refractivity contribution < 1.29 is 19.4 Å². The van der Waals surface area contributed by atoms with Gasteiger partial charge in [0.2, 0.25) is 0 Å². The van der Waals surface area contributed by atoms with E-state index in [-0.39, 0.29) is 19.2 Å². The van der Waals surface area contributed by atoms with E-state index >= 15 is 0 Å². The molecule has 0 aromatic carbocycles. The summed E-state index contributed by atoms with van der Waals surface area (Å²) in [6, 6.07) is -0.397. The summed E-state index contributed by atoms with van der Waals surface area (Å²) < 4.78 is 5.19. The van der Waals surface area contributed by atoms with Gasteiger partial charge in [0.1, 0.15) is 5.41 Å². The number of aliphatic carboxylic acids is 1. The van der Waals surface area contributed by atoms with Crippen LogP contribution in [0.5, 0.6) is 0 Å². The average molecular weight is 301 g/mol. The number of nitrogens with zero attached hydrogens (tertiary/aromatic N) is 1. The van der Waals surface area contributed by atoms with Gasteiger partial charge in [0.15, 0.2) is 0 Å². The normalized spacial score (nSPS) is 26.6. The summed E-state index contributed by atoms with van der Waals surface area (Å²) in [5.41, 5.74) is -1.06. The van der Waals surface area contributed by atoms with E-state index in [4.69, 9.17) is 4.74 Å². The van der Waals surface area contributed by atoms with Crippen LogP contribution in [0.4, 0.5) is 4.79 Å². The molecular formula is C14H27N3O4. The highest BCUT2D eigenvalue weighted by Crippen LogP contribution is 2.28. The zero-order chi connectivity index (χ0) is 16.0. The number of rotatable bonds is 7. The maximum Gasteiger partial charge on any atom is 0.315 e. The van der Waals surface area contributed by atoms with Crippen molar-refractivity contribution in [2.75, 3.05) is 33.4 Å². The van der Waals surface area contributed by atoms with E-state index in [9.17, 15) is 14.7 Å². The SMILES string of the molecule is CCC(C)N(C)CCNC(=O)NC1COCC1(C)C(=O)O. The Morgan fingerprint density at radius 2 is 2.19 bits per heavy atom. The molecule has 7 nitrogen and oxygen atoms in total. The molecular weight excluding hydrogens is 274 g/mol. The maximum atomic E-state index is 11.8. The minimum absolute atomic E-state index is 0.115. The zero-order valence-electron chi connectivity index (χ0n) is 13.3. The van der Waals surface area contributed by atoms with Crippen molar-refractivity contribution in [2.45, 2.75) is 39.3 Å². The first kappa shape index (κ1) is 17.7. The van der Waals surface area contributed by atoms with Crippen molar-refractivity contribution in [1.82, 2.24) is 15.5 Å². The summed E-state index contributed by atoms with van der Waals surface area (Å²) >= 11 is 0. The summed E-state index contributed by atoms with van der Waals surface area (Å²) in [7, 11) is 2.01. The molecule has 0 radical (unpaired) electrons. The van der Waals surface area contributed by atoms with Gasteiger partial charge in [-0.15, -0.1) is 0 Å². The molecule has 122 valence electrons. The van der Waals surface area contributed by atoms with Gasteiger partial charge < -0.3 is 25.4 Å². The van der Waals surface area contributed by atoms with E-state index in [0.29, 0.717) is 12.6 Å². The molecule has 1 heterocycles. The Bertz CT molecular complexity index is 377. The van der Waals surface area contributed by atoms with E-state index in [2.05, 4.69) is 29.4 Å². The van der Waals surface area contributed by atoms with E-state index in [0.717, 1.165) is 13.0 Å². The Morgan fingerprint density at radius 1 is 1.52 bits per heavy atom. The fraction of sp³-hybridized carbons (Fsp3) is 0.857. The van der Waals surface area contributed by atoms with Crippen LogP contribution in [-0.4, -0.2) is 67.4 Å². The van der Waals surface area contributed by atoms with Gasteiger partial charge in [0.25, 0.3) is 0 Å². The van der Waals surface area contributed by atoms with Crippen LogP contribution in [0.2, 0.25) is 0 Å². The van der Waals surface area contributed by atoms with E-state index < -0.39 is 17.4 Å². The number of amides is 2. The first-order chi connectivity index (χ1) is 9.81. The lowest BCUT2D eigenvalue weighted by Crippen LogP contribution is -2.53. The molecule has 3 unspecified atom stereocenters. The van der Waals surface area contributed by atoms with Gasteiger partial charge >= 0.3 is 12.0 Å². The highest BCUT2D eigenvalue weighted by atomic mass is 16.5. The smallest absolute Gasteiger partial charge is 0.315 e. The van der Waals surface area contributed by atoms with Gasteiger partial charge in [0, 0.05) is 19.1 Å². The van der Waals surface area contributed by atoms with Gasteiger partial charge in [-0.25, -0.2) is 4.79 Å². The summed E-state index contributed by atoms with van der Waals surface area (Å²) in [5.74, 6) is -0.957. The lowest BCUT2D eigenvalue weighted by Gasteiger charge is -2.26. The van der Waals surface area contributed by atoms with Gasteiger partial charge in [-0.1, -0.05) is 6.92 Å². The van der Waals surface area contributed by atoms with Crippen LogP contribution >= 0.6 is 0 Å². The lowest BCUT2D eigenvalue weighted by molar-refractivity contribution is -0.148. The van der Waals surface area contributed by atoms with Crippen LogP contribution in [0, 0.1) is 5.41 Å². The molecule has 1 aliphatic heterocycles. The maximum absolute atomic E-state index is 11.8. The van der Waals surface area contributed by atoms with Gasteiger partial charge in [0.05, 0.1) is 19.3 Å². The third-order valence-corrected chi connectivity index (χ3v) is 4.34. The number of ether oxygens (including phenoxy) is 1. The molecule has 0 aromatic rings. The largest absolute Gasteiger partial charge is 0.481 e. The third kappa shape index (κ3) is 4.57. The fourth-order valence-electron chi connectivity index (χ4n) is 2.17. The topological polar surface area (TPSA) is 90.9 Å². The van der Waals surface area contributed by atoms with Crippen molar-refractivity contribution in [2.24, 2.45) is 5.41 Å². The second-order valence-electron chi connectivity index (χ2n) is 5.93. The monoisotopic (exact) mass is 301 g/mol. The van der Waals surface area contributed by atoms with Crippen LogP contribution in [-0.2, 0) is 9.53 Å². The van der Waals surface area contributed by atoms with Crippen LogP contribution in [0.15, 0.2) is 0 Å². The van der Waals surface area contributed by atoms with Crippen molar-refractivity contribution in [3.8, 4) is 0 Å². The quantitative estimate of drug-likeness (QED) is 0.637. The number of nitrogens with one attached hydrogen (secondary N) is 2. The summed E-state index contributed by atoms with van der Waals surface area (Å²) in [5, 5.41) is 14.7. The lowest BCUT2D eigenvalue weighted by atomic mass is 9.85. The van der Waals surface area contributed by atoms with Crippen molar-refractivity contribution in [3.63, 3.8) is 0 Å². The first-order valence-corrected chi connectivity index (χ1v) is 7.37. The molecule has 0 aliphatic carbocycles. The number of carbonyl (C=O) groups is 2. The number of carbonyl (C=O) groups excluding carboxylic acids is 1. The Kier molecular flexibility index (Phi) is 6.42. The molecule has 0 aromatic heterocycles. The molecule has 21 heavy (non-hydrogen) atoms. The molecule has 1 saturated heterocycles. The first-order valence-electron chi connectivity index (χ1n) is 7.37. The van der Waals surface area contributed by atoms with Crippen LogP contribution < -0.4 is 10.6 Å². The standard InChI is InChI=1S/C14H27N3O4/c1-5-10(2)17(4)7-6-15-13(20)16-11-8-21-9-14(11,3)12(18)19/h10-11H,5-9H2,1-4H3,(H,18,19)(H2,15,16,20). The Balaban J connectivity index is 2.36. The second kappa shape index (κ2) is 7.61. The van der Waals surface area contributed by atoms with Gasteiger partial charge in [-0.2, -0.15) is 0 Å². The van der Waals surface area contributed by atoms with Crippen LogP contribution in [0.3, 0.4) is 0 Å². The molecule has 3 N–H and O–H groups in total. The van der Waals surface area contributed by atoms with Crippen LogP contribution in [0.1, 0.15) is 27.2 Å². The van der Waals surface area contributed by atoms with Crippen molar-refractivity contribution >= 4 is 12.0 Å². The van der Waals surface area contributed by atoms with E-state index in [1.165, 1.54) is 0 Å². The third-order valence-electron chi connectivity index (χ3n) is 4.34. The molecule has 1 aliphatic rings. The Morgan fingerprint density at radius 3 is 2.76 bits per heavy atom. The summed E-state index contributed by atoms with van der Waals surface area (Å²) in [6.45, 7) is 7.45. The number of carboxylic acids is 1. The molecule has 1 fully saturated rings. The van der Waals surface area contributed by atoms with Gasteiger partial charge in [-0.05, 0) is 27.3 Å². The van der Waals surface area contributed by atoms with Crippen molar-refractivity contribution in [1.29, 1.82) is 0 Å². The van der Waals surface area contributed by atoms with E-state index in [1.54, 1.807) is 6.92 Å².